The van der Waals surface area contributed by atoms with Gasteiger partial charge in [-0.15, -0.1) is 5.10 Å². The van der Waals surface area contributed by atoms with Crippen LogP contribution < -0.4 is 10.6 Å². The Kier molecular flexibility index (Phi) is 5.69. The van der Waals surface area contributed by atoms with Crippen molar-refractivity contribution in [3.8, 4) is 0 Å². The van der Waals surface area contributed by atoms with E-state index in [2.05, 4.69) is 15.4 Å². The van der Waals surface area contributed by atoms with Gasteiger partial charge in [0.1, 0.15) is 0 Å². The second-order valence-electron chi connectivity index (χ2n) is 4.75. The summed E-state index contributed by atoms with van der Waals surface area (Å²) in [6.07, 6.45) is 0.917. The molecule has 1 atom stereocenters. The first-order valence-corrected chi connectivity index (χ1v) is 6.71. The smallest absolute Gasteiger partial charge is 0.174 e. The molecule has 0 bridgehead atoms. The summed E-state index contributed by atoms with van der Waals surface area (Å²) < 4.78 is 0. The van der Waals surface area contributed by atoms with E-state index >= 15 is 0 Å². The molecule has 1 aromatic rings. The van der Waals surface area contributed by atoms with Crippen molar-refractivity contribution in [1.82, 2.24) is 10.2 Å². The molecule has 0 aliphatic heterocycles. The fourth-order valence-electron chi connectivity index (χ4n) is 2.23. The lowest BCUT2D eigenvalue weighted by Crippen LogP contribution is -2.31. The maximum absolute atomic E-state index is 9.50. The first-order valence-electron chi connectivity index (χ1n) is 6.71. The predicted molar refractivity (Wildman–Crippen MR) is 78.2 cm³/mol. The first kappa shape index (κ1) is 16.2. The average Bonchev–Trinajstić information content (AvgIpc) is 2.43. The van der Waals surface area contributed by atoms with E-state index in [-0.39, 0.29) is 5.84 Å². The number of amidine groups is 1. The molecule has 1 heterocycles. The number of aliphatic hydroxyl groups excluding tert-OH is 1. The number of hydrogen-bond donors (Lipinski definition) is 3. The molecule has 0 radical (unpaired) electrons. The van der Waals surface area contributed by atoms with Crippen LogP contribution in [0.2, 0.25) is 0 Å². The van der Waals surface area contributed by atoms with Gasteiger partial charge in [0.15, 0.2) is 11.7 Å². The summed E-state index contributed by atoms with van der Waals surface area (Å²) in [5.41, 5.74) is 8.15. The highest BCUT2D eigenvalue weighted by Gasteiger charge is 2.21. The van der Waals surface area contributed by atoms with Gasteiger partial charge in [-0.3, -0.25) is 0 Å². The Morgan fingerprint density at radius 2 is 2.00 bits per heavy atom. The van der Waals surface area contributed by atoms with Crippen molar-refractivity contribution in [2.45, 2.75) is 39.7 Å². The molecule has 0 saturated heterocycles. The number of oxime groups is 1. The van der Waals surface area contributed by atoms with Crippen LogP contribution in [0.5, 0.6) is 0 Å². The molecule has 7 nitrogen and oxygen atoms in total. The number of rotatable bonds is 6. The Morgan fingerprint density at radius 1 is 1.35 bits per heavy atom. The van der Waals surface area contributed by atoms with E-state index in [9.17, 15) is 5.11 Å². The second-order valence-corrected chi connectivity index (χ2v) is 4.75. The minimum atomic E-state index is -0.516. The Balaban J connectivity index is 3.44. The molecule has 0 spiro atoms. The van der Waals surface area contributed by atoms with Gasteiger partial charge in [0, 0.05) is 13.6 Å². The van der Waals surface area contributed by atoms with Crippen LogP contribution >= 0.6 is 0 Å². The zero-order chi connectivity index (χ0) is 15.3. The van der Waals surface area contributed by atoms with Gasteiger partial charge in [-0.25, -0.2) is 0 Å². The van der Waals surface area contributed by atoms with Crippen molar-refractivity contribution in [2.24, 2.45) is 10.9 Å². The molecular weight excluding hydrogens is 258 g/mol. The largest absolute Gasteiger partial charge is 0.409 e. The van der Waals surface area contributed by atoms with Gasteiger partial charge in [-0.2, -0.15) is 5.10 Å². The van der Waals surface area contributed by atoms with E-state index in [4.69, 9.17) is 10.9 Å². The van der Waals surface area contributed by atoms with Gasteiger partial charge >= 0.3 is 0 Å². The predicted octanol–water partition coefficient (Wildman–Crippen LogP) is 0.513. The summed E-state index contributed by atoms with van der Waals surface area (Å²) in [5.74, 6) is 0.522. The highest BCUT2D eigenvalue weighted by molar-refractivity contribution is 6.02. The van der Waals surface area contributed by atoms with E-state index in [1.54, 1.807) is 18.9 Å². The van der Waals surface area contributed by atoms with Gasteiger partial charge in [0.2, 0.25) is 0 Å². The quantitative estimate of drug-likeness (QED) is 0.303. The molecule has 112 valence electrons. The van der Waals surface area contributed by atoms with Crippen molar-refractivity contribution in [3.63, 3.8) is 0 Å². The molecule has 0 aliphatic rings. The van der Waals surface area contributed by atoms with Crippen molar-refractivity contribution < 1.29 is 10.3 Å². The number of aliphatic hydroxyl groups is 1. The topological polar surface area (TPSA) is 108 Å². The SMILES string of the molecule is CCc1nnc(N(C)CC(C)O)c(C(N)=NO)c1CC. The number of anilines is 1. The molecule has 0 aromatic carbocycles. The van der Waals surface area contributed by atoms with Crippen molar-refractivity contribution in [3.05, 3.63) is 16.8 Å². The Hall–Kier alpha value is -1.89. The Bertz CT molecular complexity index is 488. The van der Waals surface area contributed by atoms with Gasteiger partial charge in [-0.05, 0) is 25.3 Å². The number of nitrogens with zero attached hydrogens (tertiary/aromatic N) is 4. The fraction of sp³-hybridized carbons (Fsp3) is 0.615. The van der Waals surface area contributed by atoms with Crippen LogP contribution in [0.25, 0.3) is 0 Å². The van der Waals surface area contributed by atoms with E-state index in [1.807, 2.05) is 13.8 Å². The van der Waals surface area contributed by atoms with E-state index in [0.717, 1.165) is 17.7 Å². The van der Waals surface area contributed by atoms with Crippen LogP contribution in [0, 0.1) is 0 Å². The Morgan fingerprint density at radius 3 is 2.45 bits per heavy atom. The lowest BCUT2D eigenvalue weighted by atomic mass is 10.0. The van der Waals surface area contributed by atoms with Crippen LogP contribution in [-0.2, 0) is 12.8 Å². The summed E-state index contributed by atoms with van der Waals surface area (Å²) in [6, 6.07) is 0. The molecule has 1 unspecified atom stereocenters. The molecule has 4 N–H and O–H groups in total. The summed E-state index contributed by atoms with van der Waals surface area (Å²) in [4.78, 5) is 1.75. The number of aryl methyl sites for hydroxylation is 1. The summed E-state index contributed by atoms with van der Waals surface area (Å²) >= 11 is 0. The highest BCUT2D eigenvalue weighted by atomic mass is 16.4. The van der Waals surface area contributed by atoms with E-state index < -0.39 is 6.10 Å². The van der Waals surface area contributed by atoms with Crippen LogP contribution in [0.3, 0.4) is 0 Å². The highest BCUT2D eigenvalue weighted by Crippen LogP contribution is 2.23. The average molecular weight is 281 g/mol. The summed E-state index contributed by atoms with van der Waals surface area (Å²) in [7, 11) is 1.79. The maximum atomic E-state index is 9.50. The summed E-state index contributed by atoms with van der Waals surface area (Å²) in [6.45, 7) is 6.05. The zero-order valence-electron chi connectivity index (χ0n) is 12.5. The van der Waals surface area contributed by atoms with Crippen LogP contribution in [0.1, 0.15) is 37.6 Å². The standard InChI is InChI=1S/C13H23N5O2/c1-5-9-10(6-2)15-16-13(11(9)12(14)17-20)18(4)7-8(3)19/h8,19-20H,5-7H2,1-4H3,(H2,14,17). The number of aromatic nitrogens is 2. The maximum Gasteiger partial charge on any atom is 0.174 e. The molecule has 1 rings (SSSR count). The molecule has 0 amide bonds. The zero-order valence-corrected chi connectivity index (χ0v) is 12.5. The van der Waals surface area contributed by atoms with E-state index in [0.29, 0.717) is 24.3 Å². The van der Waals surface area contributed by atoms with Gasteiger partial charge in [0.05, 0.1) is 17.4 Å². The third-order valence-corrected chi connectivity index (χ3v) is 3.09. The fourth-order valence-corrected chi connectivity index (χ4v) is 2.23. The van der Waals surface area contributed by atoms with Crippen LogP contribution in [0.4, 0.5) is 5.82 Å². The third kappa shape index (κ3) is 3.36. The molecule has 7 heteroatoms. The van der Waals surface area contributed by atoms with Gasteiger partial charge in [-0.1, -0.05) is 19.0 Å². The van der Waals surface area contributed by atoms with Crippen LogP contribution in [-0.4, -0.2) is 46.0 Å². The molecule has 0 saturated carbocycles. The number of likely N-dealkylation sites (N-methyl/N-ethyl adjacent to an activating group) is 1. The molecule has 1 aromatic heterocycles. The second kappa shape index (κ2) is 7.04. The normalized spacial score (nSPS) is 13.3. The molecular formula is C13H23N5O2. The Labute approximate surface area is 119 Å². The lowest BCUT2D eigenvalue weighted by molar-refractivity contribution is 0.201. The monoisotopic (exact) mass is 281 g/mol. The lowest BCUT2D eigenvalue weighted by Gasteiger charge is -2.23. The molecule has 0 aliphatic carbocycles. The summed E-state index contributed by atoms with van der Waals surface area (Å²) in [5, 5.41) is 30.0. The number of hydrogen-bond acceptors (Lipinski definition) is 6. The van der Waals surface area contributed by atoms with Crippen LogP contribution in [0.15, 0.2) is 5.16 Å². The molecule has 20 heavy (non-hydrogen) atoms. The molecule has 0 fully saturated rings. The van der Waals surface area contributed by atoms with Gasteiger partial charge in [0.25, 0.3) is 0 Å². The van der Waals surface area contributed by atoms with Crippen molar-refractivity contribution in [1.29, 1.82) is 0 Å². The minimum absolute atomic E-state index is 0.0129. The van der Waals surface area contributed by atoms with Crippen molar-refractivity contribution >= 4 is 11.7 Å². The first-order chi connectivity index (χ1) is 9.46. The minimum Gasteiger partial charge on any atom is -0.409 e. The van der Waals surface area contributed by atoms with Gasteiger partial charge < -0.3 is 20.9 Å². The number of nitrogens with two attached hydrogens (primary N) is 1. The third-order valence-electron chi connectivity index (χ3n) is 3.09. The van der Waals surface area contributed by atoms with E-state index in [1.165, 1.54) is 0 Å². The van der Waals surface area contributed by atoms with Crippen molar-refractivity contribution in [2.75, 3.05) is 18.5 Å².